The second kappa shape index (κ2) is 9.11. The number of H-pyrrole nitrogens is 1. The highest BCUT2D eigenvalue weighted by Gasteiger charge is 2.11. The molecule has 0 saturated carbocycles. The molecule has 2 aromatic carbocycles. The molecule has 0 fully saturated rings. The van der Waals surface area contributed by atoms with Crippen LogP contribution in [0.25, 0.3) is 11.4 Å². The van der Waals surface area contributed by atoms with Crippen LogP contribution in [0.4, 0.5) is 4.39 Å². The highest BCUT2D eigenvalue weighted by molar-refractivity contribution is 9.10. The highest BCUT2D eigenvalue weighted by atomic mass is 79.9. The van der Waals surface area contributed by atoms with Crippen molar-refractivity contribution in [2.45, 2.75) is 19.5 Å². The quantitative estimate of drug-likeness (QED) is 0.513. The standard InChI is InChI=1S/C19H18BrFN4O2S/c1-27-15-5-2-12(3-6-15)18-23-24-19(28)25(18)9-8-17(26)22-11-13-10-14(21)4-7-16(13)20/h2-7,10H,8-9,11H2,1H3,(H,22,26)(H,24,28). The van der Waals surface area contributed by atoms with Crippen molar-refractivity contribution < 1.29 is 13.9 Å². The largest absolute Gasteiger partial charge is 0.497 e. The number of aromatic amines is 1. The zero-order valence-electron chi connectivity index (χ0n) is 15.0. The van der Waals surface area contributed by atoms with Gasteiger partial charge in [-0.3, -0.25) is 14.5 Å². The Hall–Kier alpha value is -2.52. The average molecular weight is 465 g/mol. The molecule has 0 bridgehead atoms. The number of ether oxygens (including phenoxy) is 1. The van der Waals surface area contributed by atoms with Crippen LogP contribution in [-0.4, -0.2) is 27.8 Å². The molecule has 0 aliphatic carbocycles. The first kappa shape index (κ1) is 20.2. The number of methoxy groups -OCH3 is 1. The zero-order valence-corrected chi connectivity index (χ0v) is 17.4. The van der Waals surface area contributed by atoms with Crippen molar-refractivity contribution in [3.05, 3.63) is 63.1 Å². The first-order chi connectivity index (χ1) is 13.5. The Labute approximate surface area is 174 Å². The Morgan fingerprint density at radius 3 is 2.79 bits per heavy atom. The van der Waals surface area contributed by atoms with Gasteiger partial charge in [0.25, 0.3) is 0 Å². The van der Waals surface area contributed by atoms with E-state index in [4.69, 9.17) is 17.0 Å². The SMILES string of the molecule is COc1ccc(-c2n[nH]c(=S)n2CCC(=O)NCc2cc(F)ccc2Br)cc1. The fraction of sp³-hybridized carbons (Fsp3) is 0.211. The van der Waals surface area contributed by atoms with Gasteiger partial charge in [0.15, 0.2) is 10.6 Å². The van der Waals surface area contributed by atoms with Gasteiger partial charge in [0.1, 0.15) is 11.6 Å². The molecule has 0 saturated heterocycles. The smallest absolute Gasteiger partial charge is 0.222 e. The Morgan fingerprint density at radius 2 is 2.07 bits per heavy atom. The molecule has 6 nitrogen and oxygen atoms in total. The number of carbonyl (C=O) groups excluding carboxylic acids is 1. The van der Waals surface area contributed by atoms with Gasteiger partial charge in [-0.05, 0) is 60.2 Å². The van der Waals surface area contributed by atoms with Crippen molar-refractivity contribution >= 4 is 34.1 Å². The lowest BCUT2D eigenvalue weighted by atomic mass is 10.2. The van der Waals surface area contributed by atoms with Gasteiger partial charge >= 0.3 is 0 Å². The van der Waals surface area contributed by atoms with E-state index >= 15 is 0 Å². The number of hydrogen-bond acceptors (Lipinski definition) is 4. The van der Waals surface area contributed by atoms with Gasteiger partial charge in [-0.1, -0.05) is 15.9 Å². The van der Waals surface area contributed by atoms with Gasteiger partial charge in [0, 0.05) is 29.5 Å². The summed E-state index contributed by atoms with van der Waals surface area (Å²) < 4.78 is 21.5. The third kappa shape index (κ3) is 4.85. The molecule has 1 amide bonds. The minimum atomic E-state index is -0.346. The van der Waals surface area contributed by atoms with Crippen molar-refractivity contribution in [2.24, 2.45) is 0 Å². The molecule has 28 heavy (non-hydrogen) atoms. The van der Waals surface area contributed by atoms with E-state index in [9.17, 15) is 9.18 Å². The first-order valence-electron chi connectivity index (χ1n) is 8.48. The molecule has 0 aliphatic rings. The summed E-state index contributed by atoms with van der Waals surface area (Å²) in [6, 6.07) is 11.8. The van der Waals surface area contributed by atoms with E-state index in [1.807, 2.05) is 24.3 Å². The molecule has 3 aromatic rings. The Bertz CT molecular complexity index is 1030. The summed E-state index contributed by atoms with van der Waals surface area (Å²) in [4.78, 5) is 12.2. The van der Waals surface area contributed by atoms with Crippen molar-refractivity contribution in [1.82, 2.24) is 20.1 Å². The summed E-state index contributed by atoms with van der Waals surface area (Å²) >= 11 is 8.64. The van der Waals surface area contributed by atoms with E-state index in [1.165, 1.54) is 12.1 Å². The summed E-state index contributed by atoms with van der Waals surface area (Å²) in [5, 5.41) is 9.82. The maximum atomic E-state index is 13.3. The number of nitrogens with zero attached hydrogens (tertiary/aromatic N) is 2. The predicted octanol–water partition coefficient (Wildman–Crippen LogP) is 4.22. The van der Waals surface area contributed by atoms with Crippen LogP contribution in [0.15, 0.2) is 46.9 Å². The molecule has 0 unspecified atom stereocenters. The fourth-order valence-electron chi connectivity index (χ4n) is 2.66. The maximum Gasteiger partial charge on any atom is 0.222 e. The summed E-state index contributed by atoms with van der Waals surface area (Å²) in [5.74, 6) is 0.877. The van der Waals surface area contributed by atoms with Crippen molar-refractivity contribution in [3.63, 3.8) is 0 Å². The van der Waals surface area contributed by atoms with Gasteiger partial charge in [-0.2, -0.15) is 5.10 Å². The molecular weight excluding hydrogens is 447 g/mol. The van der Waals surface area contributed by atoms with Crippen LogP contribution in [0.1, 0.15) is 12.0 Å². The first-order valence-corrected chi connectivity index (χ1v) is 9.68. The minimum absolute atomic E-state index is 0.167. The summed E-state index contributed by atoms with van der Waals surface area (Å²) in [5.41, 5.74) is 1.53. The van der Waals surface area contributed by atoms with Gasteiger partial charge < -0.3 is 10.1 Å². The Morgan fingerprint density at radius 1 is 1.32 bits per heavy atom. The topological polar surface area (TPSA) is 71.9 Å². The zero-order chi connectivity index (χ0) is 20.1. The van der Waals surface area contributed by atoms with Crippen LogP contribution in [0, 0.1) is 10.6 Å². The van der Waals surface area contributed by atoms with Crippen LogP contribution in [-0.2, 0) is 17.9 Å². The number of carbonyl (C=O) groups is 1. The van der Waals surface area contributed by atoms with E-state index in [0.29, 0.717) is 22.7 Å². The van der Waals surface area contributed by atoms with Gasteiger partial charge in [-0.15, -0.1) is 0 Å². The van der Waals surface area contributed by atoms with Gasteiger partial charge in [-0.25, -0.2) is 4.39 Å². The number of aromatic nitrogens is 3. The second-order valence-corrected chi connectivity index (χ2v) is 7.24. The predicted molar refractivity (Wildman–Crippen MR) is 110 cm³/mol. The molecule has 9 heteroatoms. The van der Waals surface area contributed by atoms with E-state index in [2.05, 4.69) is 31.4 Å². The average Bonchev–Trinajstić information content (AvgIpc) is 3.07. The summed E-state index contributed by atoms with van der Waals surface area (Å²) in [6.45, 7) is 0.603. The molecule has 0 aliphatic heterocycles. The molecule has 2 N–H and O–H groups in total. The van der Waals surface area contributed by atoms with Crippen molar-refractivity contribution in [3.8, 4) is 17.1 Å². The Kier molecular flexibility index (Phi) is 6.58. The highest BCUT2D eigenvalue weighted by Crippen LogP contribution is 2.21. The van der Waals surface area contributed by atoms with Crippen LogP contribution in [0.3, 0.4) is 0 Å². The minimum Gasteiger partial charge on any atom is -0.497 e. The maximum absolute atomic E-state index is 13.3. The van der Waals surface area contributed by atoms with E-state index < -0.39 is 0 Å². The van der Waals surface area contributed by atoms with E-state index in [-0.39, 0.29) is 24.7 Å². The molecule has 3 rings (SSSR count). The van der Waals surface area contributed by atoms with Crippen LogP contribution in [0.5, 0.6) is 5.75 Å². The van der Waals surface area contributed by atoms with E-state index in [0.717, 1.165) is 15.8 Å². The Balaban J connectivity index is 1.64. The van der Waals surface area contributed by atoms with Crippen LogP contribution < -0.4 is 10.1 Å². The molecule has 0 atom stereocenters. The normalized spacial score (nSPS) is 10.7. The molecule has 1 aromatic heterocycles. The number of hydrogen-bond donors (Lipinski definition) is 2. The van der Waals surface area contributed by atoms with Crippen molar-refractivity contribution in [1.29, 1.82) is 0 Å². The molecule has 1 heterocycles. The fourth-order valence-corrected chi connectivity index (χ4v) is 3.27. The number of rotatable bonds is 7. The lowest BCUT2D eigenvalue weighted by Gasteiger charge is -2.09. The number of nitrogens with one attached hydrogen (secondary N) is 2. The number of halogens is 2. The second-order valence-electron chi connectivity index (χ2n) is 5.99. The number of amides is 1. The number of benzene rings is 2. The summed E-state index contributed by atoms with van der Waals surface area (Å²) in [7, 11) is 1.60. The van der Waals surface area contributed by atoms with Crippen LogP contribution in [0.2, 0.25) is 0 Å². The summed E-state index contributed by atoms with van der Waals surface area (Å²) in [6.07, 6.45) is 0.212. The van der Waals surface area contributed by atoms with Gasteiger partial charge in [0.2, 0.25) is 5.91 Å². The lowest BCUT2D eigenvalue weighted by molar-refractivity contribution is -0.121. The third-order valence-corrected chi connectivity index (χ3v) is 5.24. The van der Waals surface area contributed by atoms with Crippen LogP contribution >= 0.6 is 28.1 Å². The third-order valence-electron chi connectivity index (χ3n) is 4.15. The lowest BCUT2D eigenvalue weighted by Crippen LogP contribution is -2.24. The van der Waals surface area contributed by atoms with E-state index in [1.54, 1.807) is 17.7 Å². The molecular formula is C19H18BrFN4O2S. The molecule has 0 radical (unpaired) electrons. The van der Waals surface area contributed by atoms with Crippen molar-refractivity contribution in [2.75, 3.05) is 7.11 Å². The molecule has 0 spiro atoms. The van der Waals surface area contributed by atoms with Gasteiger partial charge in [0.05, 0.1) is 7.11 Å². The monoisotopic (exact) mass is 464 g/mol. The molecule has 146 valence electrons.